The molecule has 1 unspecified atom stereocenters. The number of quaternary nitrogens is 1. The molecule has 2 heterocycles. The maximum Gasteiger partial charge on any atom is 0.277 e. The van der Waals surface area contributed by atoms with Gasteiger partial charge in [0.25, 0.3) is 5.91 Å². The van der Waals surface area contributed by atoms with Crippen molar-refractivity contribution in [3.8, 4) is 0 Å². The minimum atomic E-state index is -0.186. The third kappa shape index (κ3) is 4.68. The van der Waals surface area contributed by atoms with E-state index in [1.807, 2.05) is 49.4 Å². The molecule has 4 rings (SSSR count). The van der Waals surface area contributed by atoms with Gasteiger partial charge in [0.2, 0.25) is 5.91 Å². The molecule has 1 fully saturated rings. The number of benzene rings is 2. The molecule has 0 bridgehead atoms. The monoisotopic (exact) mass is 423 g/mol. The van der Waals surface area contributed by atoms with Crippen LogP contribution >= 0.6 is 11.3 Å². The summed E-state index contributed by atoms with van der Waals surface area (Å²) in [5.74, 6) is -0.203. The number of thiazole rings is 1. The molecule has 1 saturated heterocycles. The van der Waals surface area contributed by atoms with Crippen LogP contribution in [0.4, 0.5) is 5.69 Å². The van der Waals surface area contributed by atoms with E-state index in [9.17, 15) is 9.59 Å². The van der Waals surface area contributed by atoms with Gasteiger partial charge in [-0.2, -0.15) is 0 Å². The summed E-state index contributed by atoms with van der Waals surface area (Å²) in [5, 5.41) is 3.96. The van der Waals surface area contributed by atoms with Gasteiger partial charge in [-0.15, -0.1) is 11.3 Å². The lowest BCUT2D eigenvalue weighted by molar-refractivity contribution is -0.910. The number of hydrogen-bond donors (Lipinski definition) is 2. The molecule has 0 radical (unpaired) electrons. The van der Waals surface area contributed by atoms with E-state index in [1.54, 1.807) is 18.4 Å². The Morgan fingerprint density at radius 2 is 1.97 bits per heavy atom. The minimum Gasteiger partial charge on any atom is -0.332 e. The van der Waals surface area contributed by atoms with E-state index in [1.165, 1.54) is 14.5 Å². The standard InChI is InChI=1S/C23H26N4O2S/c1-16-9-11-17(12-10-16)24-21(28)14-26(2)22(29)15-27-13-5-7-19(27)23-25-18-6-3-4-8-20(18)30-23/h3-4,6,8-12,19H,5,7,13-15H2,1-2H3,(H,24,28)/p+1/t19-/m1/s1. The quantitative estimate of drug-likeness (QED) is 0.640. The molecule has 0 aliphatic carbocycles. The molecule has 1 aliphatic heterocycles. The van der Waals surface area contributed by atoms with E-state index in [-0.39, 0.29) is 24.4 Å². The van der Waals surface area contributed by atoms with Gasteiger partial charge >= 0.3 is 0 Å². The summed E-state index contributed by atoms with van der Waals surface area (Å²) >= 11 is 1.73. The second kappa shape index (κ2) is 8.93. The average Bonchev–Trinajstić information content (AvgIpc) is 3.35. The second-order valence-corrected chi connectivity index (χ2v) is 9.03. The van der Waals surface area contributed by atoms with Gasteiger partial charge in [-0.1, -0.05) is 29.8 Å². The van der Waals surface area contributed by atoms with Crippen LogP contribution in [0.5, 0.6) is 0 Å². The SMILES string of the molecule is Cc1ccc(NC(=O)CN(C)C(=O)C[NH+]2CCC[C@@H]2c2nc3ccccc3s2)cc1. The fourth-order valence-corrected chi connectivity index (χ4v) is 5.09. The Hall–Kier alpha value is -2.77. The van der Waals surface area contributed by atoms with E-state index in [4.69, 9.17) is 4.98 Å². The van der Waals surface area contributed by atoms with Gasteiger partial charge in [0.15, 0.2) is 11.6 Å². The summed E-state index contributed by atoms with van der Waals surface area (Å²) < 4.78 is 1.19. The first kappa shape index (κ1) is 20.5. The van der Waals surface area contributed by atoms with E-state index < -0.39 is 0 Å². The smallest absolute Gasteiger partial charge is 0.277 e. The Labute approximate surface area is 180 Å². The first-order chi connectivity index (χ1) is 14.5. The van der Waals surface area contributed by atoms with Crippen LogP contribution in [0.15, 0.2) is 48.5 Å². The average molecular weight is 424 g/mol. The van der Waals surface area contributed by atoms with Crippen LogP contribution in [0.3, 0.4) is 0 Å². The van der Waals surface area contributed by atoms with Crippen LogP contribution in [0, 0.1) is 6.92 Å². The molecule has 2 N–H and O–H groups in total. The maximum absolute atomic E-state index is 12.8. The molecule has 2 amide bonds. The van der Waals surface area contributed by atoms with Crippen molar-refractivity contribution >= 4 is 39.1 Å². The predicted octanol–water partition coefficient (Wildman–Crippen LogP) is 2.42. The number of anilines is 1. The molecule has 1 aromatic heterocycles. The molecule has 0 spiro atoms. The number of aromatic nitrogens is 1. The molecule has 3 aromatic rings. The van der Waals surface area contributed by atoms with Crippen LogP contribution in [0.2, 0.25) is 0 Å². The lowest BCUT2D eigenvalue weighted by atomic mass is 10.2. The van der Waals surface area contributed by atoms with Crippen LogP contribution in [-0.4, -0.2) is 48.4 Å². The van der Waals surface area contributed by atoms with E-state index in [0.29, 0.717) is 6.54 Å². The molecule has 1 aliphatic rings. The Balaban J connectivity index is 1.34. The first-order valence-electron chi connectivity index (χ1n) is 10.3. The first-order valence-corrected chi connectivity index (χ1v) is 11.1. The summed E-state index contributed by atoms with van der Waals surface area (Å²) in [5.41, 5.74) is 2.91. The summed E-state index contributed by atoms with van der Waals surface area (Å²) in [7, 11) is 1.69. The highest BCUT2D eigenvalue weighted by atomic mass is 32.1. The highest BCUT2D eigenvalue weighted by molar-refractivity contribution is 7.18. The Morgan fingerprint density at radius 1 is 1.20 bits per heavy atom. The fraction of sp³-hybridized carbons (Fsp3) is 0.348. The van der Waals surface area contributed by atoms with Crippen molar-refractivity contribution in [2.45, 2.75) is 25.8 Å². The molecular formula is C23H27N4O2S+. The molecule has 2 aromatic carbocycles. The molecule has 6 nitrogen and oxygen atoms in total. The molecule has 156 valence electrons. The number of carbonyl (C=O) groups excluding carboxylic acids is 2. The van der Waals surface area contributed by atoms with E-state index >= 15 is 0 Å². The summed E-state index contributed by atoms with van der Waals surface area (Å²) in [6, 6.07) is 16.0. The van der Waals surface area contributed by atoms with Gasteiger partial charge in [-0.3, -0.25) is 9.59 Å². The number of aryl methyl sites for hydroxylation is 1. The van der Waals surface area contributed by atoms with Crippen molar-refractivity contribution in [3.63, 3.8) is 0 Å². The van der Waals surface area contributed by atoms with Crippen LogP contribution in [-0.2, 0) is 9.59 Å². The van der Waals surface area contributed by atoms with Gasteiger partial charge in [-0.05, 0) is 31.2 Å². The van der Waals surface area contributed by atoms with Crippen molar-refractivity contribution in [1.29, 1.82) is 0 Å². The number of likely N-dealkylation sites (tertiary alicyclic amines) is 1. The Bertz CT molecular complexity index is 1010. The van der Waals surface area contributed by atoms with Gasteiger partial charge in [0, 0.05) is 25.6 Å². The van der Waals surface area contributed by atoms with Gasteiger partial charge < -0.3 is 15.1 Å². The van der Waals surface area contributed by atoms with Crippen molar-refractivity contribution in [2.75, 3.05) is 32.0 Å². The topological polar surface area (TPSA) is 66.7 Å². The number of hydrogen-bond acceptors (Lipinski definition) is 4. The highest BCUT2D eigenvalue weighted by Crippen LogP contribution is 2.28. The van der Waals surface area contributed by atoms with Crippen molar-refractivity contribution < 1.29 is 14.5 Å². The number of amides is 2. The van der Waals surface area contributed by atoms with Crippen LogP contribution in [0.25, 0.3) is 10.2 Å². The van der Waals surface area contributed by atoms with E-state index in [0.717, 1.165) is 41.2 Å². The normalized spacial score (nSPS) is 18.5. The molecule has 7 heteroatoms. The number of likely N-dealkylation sites (N-methyl/N-ethyl adjacent to an activating group) is 1. The lowest BCUT2D eigenvalue weighted by Crippen LogP contribution is -3.11. The van der Waals surface area contributed by atoms with Crippen LogP contribution < -0.4 is 10.2 Å². The Morgan fingerprint density at radius 3 is 2.73 bits per heavy atom. The number of fused-ring (bicyclic) bond motifs is 1. The largest absolute Gasteiger partial charge is 0.332 e. The number of nitrogens with zero attached hydrogens (tertiary/aromatic N) is 2. The fourth-order valence-electron chi connectivity index (χ4n) is 3.93. The van der Waals surface area contributed by atoms with Crippen molar-refractivity contribution in [2.24, 2.45) is 0 Å². The van der Waals surface area contributed by atoms with Gasteiger partial charge in [0.1, 0.15) is 6.04 Å². The zero-order chi connectivity index (χ0) is 21.1. The second-order valence-electron chi connectivity index (χ2n) is 7.96. The maximum atomic E-state index is 12.8. The number of rotatable bonds is 6. The number of para-hydroxylation sites is 1. The Kier molecular flexibility index (Phi) is 6.11. The highest BCUT2D eigenvalue weighted by Gasteiger charge is 2.34. The van der Waals surface area contributed by atoms with Crippen molar-refractivity contribution in [3.05, 3.63) is 59.1 Å². The third-order valence-corrected chi connectivity index (χ3v) is 6.76. The summed E-state index contributed by atoms with van der Waals surface area (Å²) in [4.78, 5) is 32.7. The number of carbonyl (C=O) groups is 2. The molecule has 0 saturated carbocycles. The molecular weight excluding hydrogens is 396 g/mol. The zero-order valence-electron chi connectivity index (χ0n) is 17.4. The third-order valence-electron chi connectivity index (χ3n) is 5.61. The summed E-state index contributed by atoms with van der Waals surface area (Å²) in [6.07, 6.45) is 2.13. The van der Waals surface area contributed by atoms with Crippen molar-refractivity contribution in [1.82, 2.24) is 9.88 Å². The molecule has 30 heavy (non-hydrogen) atoms. The van der Waals surface area contributed by atoms with Crippen LogP contribution in [0.1, 0.15) is 29.5 Å². The van der Waals surface area contributed by atoms with Gasteiger partial charge in [-0.25, -0.2) is 4.98 Å². The van der Waals surface area contributed by atoms with E-state index in [2.05, 4.69) is 11.4 Å². The minimum absolute atomic E-state index is 0.0166. The zero-order valence-corrected chi connectivity index (χ0v) is 18.2. The number of nitrogens with one attached hydrogen (secondary N) is 2. The summed E-state index contributed by atoms with van der Waals surface area (Å²) in [6.45, 7) is 3.39. The molecule has 2 atom stereocenters. The lowest BCUT2D eigenvalue weighted by Gasteiger charge is -2.23. The van der Waals surface area contributed by atoms with Gasteiger partial charge in [0.05, 0.1) is 23.3 Å². The predicted molar refractivity (Wildman–Crippen MR) is 120 cm³/mol.